The Labute approximate surface area is 194 Å². The number of rotatable bonds is 7. The number of alkyl halides is 3. The van der Waals surface area contributed by atoms with Gasteiger partial charge in [0.1, 0.15) is 12.4 Å². The van der Waals surface area contributed by atoms with E-state index in [0.717, 1.165) is 17.7 Å². The zero-order chi connectivity index (χ0) is 24.7. The lowest BCUT2D eigenvalue weighted by Gasteiger charge is -2.15. The SMILES string of the molecule is COC(=O)NCCOc1ccc(NC(=O)c2cccc(C)c2-c2ccc(C(F)(F)F)cc2)cc1. The smallest absolute Gasteiger partial charge is 0.416 e. The summed E-state index contributed by atoms with van der Waals surface area (Å²) < 4.78 is 48.7. The number of ether oxygens (including phenoxy) is 2. The maximum atomic E-state index is 13.0. The molecule has 178 valence electrons. The van der Waals surface area contributed by atoms with Crippen LogP contribution < -0.4 is 15.4 Å². The van der Waals surface area contributed by atoms with Crippen LogP contribution >= 0.6 is 0 Å². The molecule has 3 aromatic carbocycles. The highest BCUT2D eigenvalue weighted by Crippen LogP contribution is 2.33. The normalized spacial score (nSPS) is 11.0. The van der Waals surface area contributed by atoms with Crippen LogP contribution in [-0.2, 0) is 10.9 Å². The third-order valence-electron chi connectivity index (χ3n) is 4.96. The predicted molar refractivity (Wildman–Crippen MR) is 122 cm³/mol. The van der Waals surface area contributed by atoms with Gasteiger partial charge >= 0.3 is 12.3 Å². The Hall–Kier alpha value is -4.01. The van der Waals surface area contributed by atoms with E-state index in [1.165, 1.54) is 19.2 Å². The van der Waals surface area contributed by atoms with Gasteiger partial charge in [0.2, 0.25) is 0 Å². The Morgan fingerprint density at radius 1 is 0.941 bits per heavy atom. The summed E-state index contributed by atoms with van der Waals surface area (Å²) in [5, 5.41) is 5.29. The molecule has 0 saturated heterocycles. The molecule has 34 heavy (non-hydrogen) atoms. The average Bonchev–Trinajstić information content (AvgIpc) is 2.82. The van der Waals surface area contributed by atoms with Crippen LogP contribution in [0.5, 0.6) is 5.75 Å². The first kappa shape index (κ1) is 24.6. The summed E-state index contributed by atoms with van der Waals surface area (Å²) in [7, 11) is 1.27. The van der Waals surface area contributed by atoms with Crippen LogP contribution in [0.4, 0.5) is 23.7 Å². The van der Waals surface area contributed by atoms with E-state index in [0.29, 0.717) is 28.1 Å². The van der Waals surface area contributed by atoms with E-state index in [2.05, 4.69) is 15.4 Å². The second-order valence-electron chi connectivity index (χ2n) is 7.32. The summed E-state index contributed by atoms with van der Waals surface area (Å²) in [4.78, 5) is 24.0. The van der Waals surface area contributed by atoms with Crippen molar-refractivity contribution in [2.45, 2.75) is 13.1 Å². The molecule has 0 aliphatic rings. The number of hydrogen-bond acceptors (Lipinski definition) is 4. The van der Waals surface area contributed by atoms with Gasteiger partial charge in [-0.05, 0) is 66.1 Å². The quantitative estimate of drug-likeness (QED) is 0.435. The standard InChI is InChI=1S/C25H23F3N2O4/c1-16-4-3-5-21(22(16)17-6-8-18(9-7-17)25(26,27)28)23(31)30-19-10-12-20(13-11-19)34-15-14-29-24(32)33-2/h3-13H,14-15H2,1-2H3,(H,29,32)(H,30,31). The van der Waals surface area contributed by atoms with Gasteiger partial charge in [0.05, 0.1) is 19.2 Å². The van der Waals surface area contributed by atoms with Gasteiger partial charge in [-0.2, -0.15) is 13.2 Å². The van der Waals surface area contributed by atoms with E-state index in [1.807, 2.05) is 0 Å². The molecule has 0 spiro atoms. The van der Waals surface area contributed by atoms with Crippen molar-refractivity contribution in [1.29, 1.82) is 0 Å². The highest BCUT2D eigenvalue weighted by atomic mass is 19.4. The molecule has 0 radical (unpaired) electrons. The topological polar surface area (TPSA) is 76.7 Å². The largest absolute Gasteiger partial charge is 0.492 e. The lowest BCUT2D eigenvalue weighted by Crippen LogP contribution is -2.27. The summed E-state index contributed by atoms with van der Waals surface area (Å²) in [6.07, 6.45) is -4.98. The molecule has 2 N–H and O–H groups in total. The van der Waals surface area contributed by atoms with E-state index >= 15 is 0 Å². The Bertz CT molecular complexity index is 1140. The fourth-order valence-corrected chi connectivity index (χ4v) is 3.29. The van der Waals surface area contributed by atoms with Crippen molar-refractivity contribution in [3.8, 4) is 16.9 Å². The molecule has 0 heterocycles. The van der Waals surface area contributed by atoms with Gasteiger partial charge in [0.15, 0.2) is 0 Å². The van der Waals surface area contributed by atoms with Crippen molar-refractivity contribution in [3.05, 3.63) is 83.4 Å². The van der Waals surface area contributed by atoms with Crippen LogP contribution in [0.2, 0.25) is 0 Å². The van der Waals surface area contributed by atoms with Crippen molar-refractivity contribution in [2.75, 3.05) is 25.6 Å². The number of nitrogens with one attached hydrogen (secondary N) is 2. The monoisotopic (exact) mass is 472 g/mol. The molecule has 9 heteroatoms. The van der Waals surface area contributed by atoms with Gasteiger partial charge in [-0.25, -0.2) is 4.79 Å². The lowest BCUT2D eigenvalue weighted by molar-refractivity contribution is -0.137. The maximum Gasteiger partial charge on any atom is 0.416 e. The van der Waals surface area contributed by atoms with Crippen LogP contribution in [0.3, 0.4) is 0 Å². The fraction of sp³-hybridized carbons (Fsp3) is 0.200. The van der Waals surface area contributed by atoms with Crippen LogP contribution in [0.15, 0.2) is 66.7 Å². The molecule has 3 aromatic rings. The molecule has 6 nitrogen and oxygen atoms in total. The third-order valence-corrected chi connectivity index (χ3v) is 4.96. The van der Waals surface area contributed by atoms with Gasteiger partial charge < -0.3 is 20.1 Å². The van der Waals surface area contributed by atoms with E-state index in [4.69, 9.17) is 4.74 Å². The van der Waals surface area contributed by atoms with Gasteiger partial charge in [0, 0.05) is 11.3 Å². The van der Waals surface area contributed by atoms with Crippen molar-refractivity contribution in [2.24, 2.45) is 0 Å². The Morgan fingerprint density at radius 2 is 1.62 bits per heavy atom. The van der Waals surface area contributed by atoms with Crippen molar-refractivity contribution in [1.82, 2.24) is 5.32 Å². The number of anilines is 1. The number of alkyl carbamates (subject to hydrolysis) is 1. The first-order valence-corrected chi connectivity index (χ1v) is 10.3. The summed E-state index contributed by atoms with van der Waals surface area (Å²) >= 11 is 0. The van der Waals surface area contributed by atoms with Crippen molar-refractivity contribution < 1.29 is 32.2 Å². The molecule has 0 unspecified atom stereocenters. The van der Waals surface area contributed by atoms with E-state index in [1.54, 1.807) is 49.4 Å². The highest BCUT2D eigenvalue weighted by molar-refractivity contribution is 6.09. The van der Waals surface area contributed by atoms with Crippen LogP contribution in [0.1, 0.15) is 21.5 Å². The molecule has 0 atom stereocenters. The number of carbonyl (C=O) groups is 2. The van der Waals surface area contributed by atoms with Crippen LogP contribution in [0.25, 0.3) is 11.1 Å². The molecule has 0 saturated carbocycles. The summed E-state index contributed by atoms with van der Waals surface area (Å²) in [6, 6.07) is 16.5. The molecule has 2 amide bonds. The predicted octanol–water partition coefficient (Wildman–Crippen LogP) is 5.67. The molecule has 0 aliphatic heterocycles. The number of amides is 2. The van der Waals surface area contributed by atoms with Gasteiger partial charge in [-0.1, -0.05) is 24.3 Å². The molecule has 0 aromatic heterocycles. The van der Waals surface area contributed by atoms with E-state index in [9.17, 15) is 22.8 Å². The molecular weight excluding hydrogens is 449 g/mol. The lowest BCUT2D eigenvalue weighted by atomic mass is 9.94. The third kappa shape index (κ3) is 6.28. The second kappa shape index (κ2) is 10.7. The summed E-state index contributed by atoms with van der Waals surface area (Å²) in [5.41, 5.74) is 1.95. The van der Waals surface area contributed by atoms with Crippen LogP contribution in [0, 0.1) is 6.92 Å². The summed E-state index contributed by atoms with van der Waals surface area (Å²) in [5.74, 6) is 0.153. The van der Waals surface area contributed by atoms with E-state index < -0.39 is 23.7 Å². The number of aryl methyl sites for hydroxylation is 1. The Kier molecular flexibility index (Phi) is 7.78. The maximum absolute atomic E-state index is 13.0. The minimum absolute atomic E-state index is 0.237. The van der Waals surface area contributed by atoms with E-state index in [-0.39, 0.29) is 13.2 Å². The second-order valence-corrected chi connectivity index (χ2v) is 7.32. The summed E-state index contributed by atoms with van der Waals surface area (Å²) in [6.45, 7) is 2.30. The van der Waals surface area contributed by atoms with Gasteiger partial charge in [-0.15, -0.1) is 0 Å². The average molecular weight is 472 g/mol. The number of benzene rings is 3. The Morgan fingerprint density at radius 3 is 2.24 bits per heavy atom. The van der Waals surface area contributed by atoms with Gasteiger partial charge in [0.25, 0.3) is 5.91 Å². The number of methoxy groups -OCH3 is 1. The number of carbonyl (C=O) groups excluding carboxylic acids is 2. The number of hydrogen-bond donors (Lipinski definition) is 2. The van der Waals surface area contributed by atoms with Crippen molar-refractivity contribution in [3.63, 3.8) is 0 Å². The first-order valence-electron chi connectivity index (χ1n) is 10.3. The molecule has 3 rings (SSSR count). The molecular formula is C25H23F3N2O4. The fourth-order valence-electron chi connectivity index (χ4n) is 3.29. The minimum Gasteiger partial charge on any atom is -0.492 e. The molecule has 0 bridgehead atoms. The number of halogens is 3. The zero-order valence-electron chi connectivity index (χ0n) is 18.5. The highest BCUT2D eigenvalue weighted by Gasteiger charge is 2.30. The first-order chi connectivity index (χ1) is 16.2. The van der Waals surface area contributed by atoms with Crippen molar-refractivity contribution >= 4 is 17.7 Å². The Balaban J connectivity index is 1.71. The molecule has 0 aliphatic carbocycles. The minimum atomic E-state index is -4.43. The van der Waals surface area contributed by atoms with Crippen LogP contribution in [-0.4, -0.2) is 32.3 Å². The molecule has 0 fully saturated rings. The van der Waals surface area contributed by atoms with Gasteiger partial charge in [-0.3, -0.25) is 4.79 Å². The zero-order valence-corrected chi connectivity index (χ0v) is 18.5.